The first-order valence-corrected chi connectivity index (χ1v) is 14.0. The highest BCUT2D eigenvalue weighted by atomic mass is 32.1. The van der Waals surface area contributed by atoms with Crippen LogP contribution in [0.4, 0.5) is 10.1 Å². The average molecular weight is 556 g/mol. The summed E-state index contributed by atoms with van der Waals surface area (Å²) in [5.41, 5.74) is 3.85. The molecule has 0 saturated heterocycles. The topological polar surface area (TPSA) is 73.7 Å². The van der Waals surface area contributed by atoms with Crippen LogP contribution in [0.5, 0.6) is 0 Å². The molecule has 1 amide bonds. The second-order valence-corrected chi connectivity index (χ2v) is 10.6. The number of anilines is 1. The highest BCUT2D eigenvalue weighted by Gasteiger charge is 2.44. The third-order valence-electron chi connectivity index (χ3n) is 7.18. The van der Waals surface area contributed by atoms with Gasteiger partial charge in [-0.1, -0.05) is 54.6 Å². The molecule has 5 rings (SSSR count). The van der Waals surface area contributed by atoms with E-state index < -0.39 is 23.5 Å². The molecular weight excluding hydrogens is 525 g/mol. The van der Waals surface area contributed by atoms with Gasteiger partial charge in [-0.25, -0.2) is 9.37 Å². The van der Waals surface area contributed by atoms with Crippen molar-refractivity contribution in [2.24, 2.45) is 0 Å². The van der Waals surface area contributed by atoms with Crippen molar-refractivity contribution in [3.05, 3.63) is 118 Å². The van der Waals surface area contributed by atoms with Gasteiger partial charge in [0.2, 0.25) is 5.78 Å². The van der Waals surface area contributed by atoms with E-state index in [-0.39, 0.29) is 17.9 Å². The van der Waals surface area contributed by atoms with Crippen LogP contribution in [0.25, 0.3) is 10.6 Å². The molecule has 0 aliphatic carbocycles. The van der Waals surface area contributed by atoms with Crippen molar-refractivity contribution < 1.29 is 19.1 Å². The SMILES string of the molecule is CCN(CC)c1ccc(C2C(C(=O)c3sc(-c4ccccc4)nc3C)=C(O)C(=O)N2Cc2ccc(F)cc2)cc1. The summed E-state index contributed by atoms with van der Waals surface area (Å²) in [5.74, 6) is -2.02. The molecule has 0 spiro atoms. The van der Waals surface area contributed by atoms with E-state index in [2.05, 4.69) is 23.7 Å². The van der Waals surface area contributed by atoms with Crippen molar-refractivity contribution in [3.8, 4) is 10.6 Å². The van der Waals surface area contributed by atoms with Crippen LogP contribution in [-0.4, -0.2) is 39.8 Å². The number of rotatable bonds is 9. The summed E-state index contributed by atoms with van der Waals surface area (Å²) in [6, 6.07) is 22.3. The number of halogens is 1. The van der Waals surface area contributed by atoms with Crippen molar-refractivity contribution in [1.29, 1.82) is 0 Å². The molecule has 204 valence electrons. The number of thiazole rings is 1. The van der Waals surface area contributed by atoms with Crippen LogP contribution in [0, 0.1) is 12.7 Å². The first kappa shape index (κ1) is 27.3. The molecule has 6 nitrogen and oxygen atoms in total. The fourth-order valence-electron chi connectivity index (χ4n) is 5.07. The third-order valence-corrected chi connectivity index (χ3v) is 8.38. The minimum Gasteiger partial charge on any atom is -0.503 e. The Morgan fingerprint density at radius 2 is 1.65 bits per heavy atom. The van der Waals surface area contributed by atoms with Gasteiger partial charge in [0.05, 0.1) is 22.2 Å². The fourth-order valence-corrected chi connectivity index (χ4v) is 6.10. The van der Waals surface area contributed by atoms with Crippen LogP contribution >= 0.6 is 11.3 Å². The Labute approximate surface area is 237 Å². The van der Waals surface area contributed by atoms with E-state index in [9.17, 15) is 19.1 Å². The molecule has 8 heteroatoms. The molecule has 0 bridgehead atoms. The van der Waals surface area contributed by atoms with E-state index in [1.54, 1.807) is 19.1 Å². The number of Topliss-reactive ketones (excluding diaryl/α,β-unsaturated/α-hetero) is 1. The van der Waals surface area contributed by atoms with Crippen LogP contribution < -0.4 is 4.90 Å². The maximum Gasteiger partial charge on any atom is 0.290 e. The summed E-state index contributed by atoms with van der Waals surface area (Å²) < 4.78 is 13.6. The second-order valence-electron chi connectivity index (χ2n) is 9.62. The molecule has 1 aliphatic rings. The van der Waals surface area contributed by atoms with Gasteiger partial charge in [-0.15, -0.1) is 11.3 Å². The van der Waals surface area contributed by atoms with Crippen molar-refractivity contribution in [2.75, 3.05) is 18.0 Å². The van der Waals surface area contributed by atoms with Crippen molar-refractivity contribution >= 4 is 28.7 Å². The lowest BCUT2D eigenvalue weighted by molar-refractivity contribution is -0.130. The number of aryl methyl sites for hydroxylation is 1. The number of aliphatic hydroxyl groups excluding tert-OH is 1. The second kappa shape index (κ2) is 11.4. The molecule has 1 atom stereocenters. The lowest BCUT2D eigenvalue weighted by Gasteiger charge is -2.28. The number of nitrogens with zero attached hydrogens (tertiary/aromatic N) is 3. The molecule has 1 N–H and O–H groups in total. The lowest BCUT2D eigenvalue weighted by atomic mass is 9.94. The van der Waals surface area contributed by atoms with Gasteiger partial charge < -0.3 is 14.9 Å². The molecule has 0 fully saturated rings. The molecule has 2 heterocycles. The molecule has 40 heavy (non-hydrogen) atoms. The first-order valence-electron chi connectivity index (χ1n) is 13.2. The van der Waals surface area contributed by atoms with E-state index in [1.807, 2.05) is 54.6 Å². The molecule has 1 aromatic heterocycles. The van der Waals surface area contributed by atoms with Crippen LogP contribution in [0.3, 0.4) is 0 Å². The molecule has 1 aliphatic heterocycles. The van der Waals surface area contributed by atoms with E-state index in [0.717, 1.165) is 24.3 Å². The third kappa shape index (κ3) is 5.14. The van der Waals surface area contributed by atoms with Gasteiger partial charge in [0, 0.05) is 30.9 Å². The zero-order valence-corrected chi connectivity index (χ0v) is 23.4. The number of aliphatic hydroxyl groups is 1. The zero-order chi connectivity index (χ0) is 28.4. The van der Waals surface area contributed by atoms with E-state index >= 15 is 0 Å². The van der Waals surface area contributed by atoms with Crippen LogP contribution in [0.2, 0.25) is 0 Å². The predicted molar refractivity (Wildman–Crippen MR) is 156 cm³/mol. The number of ketones is 1. The van der Waals surface area contributed by atoms with Gasteiger partial charge in [-0.2, -0.15) is 0 Å². The summed E-state index contributed by atoms with van der Waals surface area (Å²) in [6.07, 6.45) is 0. The van der Waals surface area contributed by atoms with E-state index in [4.69, 9.17) is 0 Å². The molecule has 4 aromatic rings. The Bertz CT molecular complexity index is 1560. The number of carbonyl (C=O) groups is 2. The lowest BCUT2D eigenvalue weighted by Crippen LogP contribution is -2.30. The quantitative estimate of drug-likeness (QED) is 0.228. The van der Waals surface area contributed by atoms with Gasteiger partial charge in [0.1, 0.15) is 10.8 Å². The highest BCUT2D eigenvalue weighted by molar-refractivity contribution is 7.17. The monoisotopic (exact) mass is 555 g/mol. The maximum absolute atomic E-state index is 14.1. The van der Waals surface area contributed by atoms with Gasteiger partial charge in [0.15, 0.2) is 5.76 Å². The molecule has 3 aromatic carbocycles. The molecule has 0 radical (unpaired) electrons. The predicted octanol–water partition coefficient (Wildman–Crippen LogP) is 6.88. The average Bonchev–Trinajstić information content (AvgIpc) is 3.48. The summed E-state index contributed by atoms with van der Waals surface area (Å²) in [6.45, 7) is 7.70. The van der Waals surface area contributed by atoms with Crippen molar-refractivity contribution in [1.82, 2.24) is 9.88 Å². The largest absolute Gasteiger partial charge is 0.503 e. The summed E-state index contributed by atoms with van der Waals surface area (Å²) in [4.78, 5) is 36.2. The first-order chi connectivity index (χ1) is 19.3. The van der Waals surface area contributed by atoms with Gasteiger partial charge in [-0.05, 0) is 56.2 Å². The molecular formula is C32H30FN3O3S. The van der Waals surface area contributed by atoms with Crippen LogP contribution in [-0.2, 0) is 11.3 Å². The zero-order valence-electron chi connectivity index (χ0n) is 22.6. The number of aromatic nitrogens is 1. The van der Waals surface area contributed by atoms with Crippen molar-refractivity contribution in [3.63, 3.8) is 0 Å². The van der Waals surface area contributed by atoms with E-state index in [0.29, 0.717) is 26.7 Å². The number of amides is 1. The normalized spacial score (nSPS) is 15.2. The number of carbonyl (C=O) groups excluding carboxylic acids is 2. The maximum atomic E-state index is 14.1. The molecule has 1 unspecified atom stereocenters. The van der Waals surface area contributed by atoms with Crippen molar-refractivity contribution in [2.45, 2.75) is 33.4 Å². The standard InChI is InChI=1S/C32H30FN3O3S/c1-4-35(5-2)25-17-13-22(14-18-25)27-26(29(38)32(39)36(27)19-21-11-15-24(33)16-12-21)28(37)30-20(3)34-31(40-30)23-9-7-6-8-10-23/h6-18,27,38H,4-5,19H2,1-3H3. The van der Waals surface area contributed by atoms with Crippen LogP contribution in [0.15, 0.2) is 90.2 Å². The van der Waals surface area contributed by atoms with E-state index in [1.165, 1.54) is 28.4 Å². The molecule has 0 saturated carbocycles. The summed E-state index contributed by atoms with van der Waals surface area (Å²) in [7, 11) is 0. The minimum atomic E-state index is -0.822. The number of benzene rings is 3. The Kier molecular flexibility index (Phi) is 7.80. The van der Waals surface area contributed by atoms with Gasteiger partial charge in [0.25, 0.3) is 5.91 Å². The Balaban J connectivity index is 1.57. The minimum absolute atomic E-state index is 0.0223. The Morgan fingerprint density at radius 1 is 1.00 bits per heavy atom. The number of hydrogen-bond acceptors (Lipinski definition) is 6. The highest BCUT2D eigenvalue weighted by Crippen LogP contribution is 2.42. The smallest absolute Gasteiger partial charge is 0.290 e. The van der Waals surface area contributed by atoms with Crippen LogP contribution in [0.1, 0.15) is 46.4 Å². The summed E-state index contributed by atoms with van der Waals surface area (Å²) >= 11 is 1.24. The Morgan fingerprint density at radius 3 is 2.27 bits per heavy atom. The van der Waals surface area contributed by atoms with Gasteiger partial charge >= 0.3 is 0 Å². The Hall–Kier alpha value is -4.30. The van der Waals surface area contributed by atoms with Gasteiger partial charge in [-0.3, -0.25) is 9.59 Å². The number of hydrogen-bond donors (Lipinski definition) is 1. The summed E-state index contributed by atoms with van der Waals surface area (Å²) in [5, 5.41) is 11.8. The fraction of sp³-hybridized carbons (Fsp3) is 0.219.